The van der Waals surface area contributed by atoms with Gasteiger partial charge in [-0.25, -0.2) is 4.98 Å². The van der Waals surface area contributed by atoms with E-state index >= 15 is 0 Å². The number of fused-ring (bicyclic) bond motifs is 1. The van der Waals surface area contributed by atoms with Crippen molar-refractivity contribution in [3.63, 3.8) is 0 Å². The molecule has 0 aliphatic heterocycles. The molecule has 4 heteroatoms. The van der Waals surface area contributed by atoms with E-state index < -0.39 is 0 Å². The van der Waals surface area contributed by atoms with E-state index in [-0.39, 0.29) is 0 Å². The minimum Gasteiger partial charge on any atom is -0.497 e. The third-order valence-electron chi connectivity index (χ3n) is 3.63. The molecule has 0 aliphatic rings. The van der Waals surface area contributed by atoms with Crippen LogP contribution in [0.15, 0.2) is 47.1 Å². The molecule has 0 spiro atoms. The fourth-order valence-corrected chi connectivity index (χ4v) is 3.09. The Hall–Kier alpha value is -1.81. The zero-order valence-corrected chi connectivity index (χ0v) is 13.5. The van der Waals surface area contributed by atoms with Gasteiger partial charge in [-0.05, 0) is 65.0 Å². The van der Waals surface area contributed by atoms with E-state index in [9.17, 15) is 0 Å². The van der Waals surface area contributed by atoms with Gasteiger partial charge in [0.25, 0.3) is 0 Å². The number of rotatable bonds is 5. The first-order valence-electron chi connectivity index (χ1n) is 7.02. The molecule has 0 saturated carbocycles. The van der Waals surface area contributed by atoms with Crippen LogP contribution in [0, 0.1) is 0 Å². The number of aryl methyl sites for hydroxylation is 2. The number of aromatic nitrogens is 2. The minimum absolute atomic E-state index is 0.906. The maximum absolute atomic E-state index is 5.17. The predicted octanol–water partition coefficient (Wildman–Crippen LogP) is 4.51. The Morgan fingerprint density at radius 2 is 1.95 bits per heavy atom. The molecular formula is C17H17BrN2O. The van der Waals surface area contributed by atoms with Gasteiger partial charge < -0.3 is 9.72 Å². The number of nitrogens with zero attached hydrogens (tertiary/aromatic N) is 1. The molecule has 3 rings (SSSR count). The molecule has 0 unspecified atom stereocenters. The summed E-state index contributed by atoms with van der Waals surface area (Å²) in [4.78, 5) is 7.74. The van der Waals surface area contributed by atoms with Gasteiger partial charge in [0.1, 0.15) is 11.4 Å². The van der Waals surface area contributed by atoms with Crippen LogP contribution in [0.2, 0.25) is 0 Å². The lowest BCUT2D eigenvalue weighted by Crippen LogP contribution is -1.91. The topological polar surface area (TPSA) is 37.9 Å². The molecule has 3 aromatic rings. The predicted molar refractivity (Wildman–Crippen MR) is 88.8 cm³/mol. The normalized spacial score (nSPS) is 11.0. The third-order valence-corrected chi connectivity index (χ3v) is 4.54. The molecule has 0 saturated heterocycles. The molecule has 108 valence electrons. The Kier molecular flexibility index (Phi) is 4.25. The summed E-state index contributed by atoms with van der Waals surface area (Å²) in [6.07, 6.45) is 4.96. The Balaban J connectivity index is 1.64. The average Bonchev–Trinajstić information content (AvgIpc) is 2.85. The quantitative estimate of drug-likeness (QED) is 0.739. The molecular weight excluding hydrogens is 328 g/mol. The van der Waals surface area contributed by atoms with E-state index in [0.717, 1.165) is 40.5 Å². The summed E-state index contributed by atoms with van der Waals surface area (Å²) in [5, 5.41) is 1.15. The molecule has 0 radical (unpaired) electrons. The molecule has 0 bridgehead atoms. The van der Waals surface area contributed by atoms with Crippen molar-refractivity contribution < 1.29 is 4.74 Å². The number of hydrogen-bond donors (Lipinski definition) is 1. The molecule has 2 heterocycles. The number of benzene rings is 1. The number of pyridine rings is 1. The van der Waals surface area contributed by atoms with Crippen molar-refractivity contribution in [1.82, 2.24) is 9.97 Å². The highest BCUT2D eigenvalue weighted by atomic mass is 79.9. The summed E-state index contributed by atoms with van der Waals surface area (Å²) in [6.45, 7) is 0. The second-order valence-corrected chi connectivity index (χ2v) is 5.81. The number of H-pyrrole nitrogens is 1. The van der Waals surface area contributed by atoms with Crippen LogP contribution >= 0.6 is 15.9 Å². The van der Waals surface area contributed by atoms with Crippen molar-refractivity contribution in [1.29, 1.82) is 0 Å². The Labute approximate surface area is 132 Å². The average molecular weight is 345 g/mol. The van der Waals surface area contributed by atoms with Crippen molar-refractivity contribution in [2.24, 2.45) is 0 Å². The zero-order chi connectivity index (χ0) is 14.7. The molecule has 1 N–H and O–H groups in total. The minimum atomic E-state index is 0.906. The van der Waals surface area contributed by atoms with Crippen LogP contribution < -0.4 is 4.74 Å². The van der Waals surface area contributed by atoms with Gasteiger partial charge >= 0.3 is 0 Å². The summed E-state index contributed by atoms with van der Waals surface area (Å²) in [5.74, 6) is 0.906. The number of methoxy groups -OCH3 is 1. The highest BCUT2D eigenvalue weighted by molar-refractivity contribution is 9.10. The highest BCUT2D eigenvalue weighted by Gasteiger charge is 2.09. The first-order valence-corrected chi connectivity index (χ1v) is 7.81. The molecule has 0 atom stereocenters. The molecule has 3 nitrogen and oxygen atoms in total. The van der Waals surface area contributed by atoms with Crippen molar-refractivity contribution in [2.45, 2.75) is 19.3 Å². The summed E-state index contributed by atoms with van der Waals surface area (Å²) in [5.41, 5.74) is 3.50. The summed E-state index contributed by atoms with van der Waals surface area (Å²) >= 11 is 3.67. The van der Waals surface area contributed by atoms with Crippen LogP contribution in [0.5, 0.6) is 5.75 Å². The van der Waals surface area contributed by atoms with Crippen LogP contribution in [0.25, 0.3) is 11.0 Å². The number of aromatic amines is 1. The number of nitrogens with one attached hydrogen (secondary N) is 1. The van der Waals surface area contributed by atoms with Crippen molar-refractivity contribution in [2.75, 3.05) is 7.11 Å². The lowest BCUT2D eigenvalue weighted by atomic mass is 10.1. The maximum Gasteiger partial charge on any atom is 0.138 e. The number of ether oxygens (including phenoxy) is 1. The van der Waals surface area contributed by atoms with Gasteiger partial charge in [0, 0.05) is 21.7 Å². The van der Waals surface area contributed by atoms with Gasteiger partial charge in [-0.1, -0.05) is 12.1 Å². The second kappa shape index (κ2) is 6.31. The zero-order valence-electron chi connectivity index (χ0n) is 11.9. The molecule has 0 fully saturated rings. The van der Waals surface area contributed by atoms with E-state index in [1.165, 1.54) is 11.3 Å². The van der Waals surface area contributed by atoms with Crippen LogP contribution in [0.1, 0.15) is 17.7 Å². The lowest BCUT2D eigenvalue weighted by molar-refractivity contribution is 0.414. The lowest BCUT2D eigenvalue weighted by Gasteiger charge is -2.03. The van der Waals surface area contributed by atoms with Crippen molar-refractivity contribution in [3.05, 3.63) is 58.3 Å². The van der Waals surface area contributed by atoms with Gasteiger partial charge in [0.15, 0.2) is 0 Å². The number of halogens is 1. The van der Waals surface area contributed by atoms with E-state index in [0.29, 0.717) is 0 Å². The molecule has 0 aliphatic carbocycles. The van der Waals surface area contributed by atoms with E-state index in [2.05, 4.69) is 44.1 Å². The SMILES string of the molecule is COc1ccc(CCCc2[nH]c3ncccc3c2Br)cc1. The fraction of sp³-hybridized carbons (Fsp3) is 0.235. The first kappa shape index (κ1) is 14.1. The van der Waals surface area contributed by atoms with Crippen molar-refractivity contribution >= 4 is 27.0 Å². The number of hydrogen-bond acceptors (Lipinski definition) is 2. The monoisotopic (exact) mass is 344 g/mol. The largest absolute Gasteiger partial charge is 0.497 e. The molecule has 21 heavy (non-hydrogen) atoms. The molecule has 1 aromatic carbocycles. The van der Waals surface area contributed by atoms with Gasteiger partial charge in [0.05, 0.1) is 7.11 Å². The Bertz CT molecular complexity index is 734. The fourth-order valence-electron chi connectivity index (χ4n) is 2.48. The third kappa shape index (κ3) is 3.10. The first-order chi connectivity index (χ1) is 10.3. The maximum atomic E-state index is 5.17. The van der Waals surface area contributed by atoms with Gasteiger partial charge in [-0.3, -0.25) is 0 Å². The van der Waals surface area contributed by atoms with Crippen LogP contribution in [-0.2, 0) is 12.8 Å². The van der Waals surface area contributed by atoms with Crippen molar-refractivity contribution in [3.8, 4) is 5.75 Å². The second-order valence-electron chi connectivity index (χ2n) is 5.02. The van der Waals surface area contributed by atoms with Crippen LogP contribution in [-0.4, -0.2) is 17.1 Å². The summed E-state index contributed by atoms with van der Waals surface area (Å²) in [6, 6.07) is 12.3. The summed E-state index contributed by atoms with van der Waals surface area (Å²) < 4.78 is 6.31. The van der Waals surface area contributed by atoms with Crippen LogP contribution in [0.4, 0.5) is 0 Å². The van der Waals surface area contributed by atoms with Crippen LogP contribution in [0.3, 0.4) is 0 Å². The Morgan fingerprint density at radius 3 is 2.67 bits per heavy atom. The smallest absolute Gasteiger partial charge is 0.138 e. The van der Waals surface area contributed by atoms with Gasteiger partial charge in [-0.2, -0.15) is 0 Å². The van der Waals surface area contributed by atoms with E-state index in [4.69, 9.17) is 4.74 Å². The summed E-state index contributed by atoms with van der Waals surface area (Å²) in [7, 11) is 1.69. The molecule has 0 amide bonds. The molecule has 2 aromatic heterocycles. The standard InChI is InChI=1S/C17H17BrN2O/c1-21-13-9-7-12(8-10-13)4-2-6-15-16(18)14-5-3-11-19-17(14)20-15/h3,5,7-11H,2,4,6H2,1H3,(H,19,20). The van der Waals surface area contributed by atoms with Gasteiger partial charge in [0.2, 0.25) is 0 Å². The van der Waals surface area contributed by atoms with E-state index in [1.54, 1.807) is 7.11 Å². The highest BCUT2D eigenvalue weighted by Crippen LogP contribution is 2.27. The van der Waals surface area contributed by atoms with Gasteiger partial charge in [-0.15, -0.1) is 0 Å². The van der Waals surface area contributed by atoms with E-state index in [1.807, 2.05) is 24.4 Å². The Morgan fingerprint density at radius 1 is 1.14 bits per heavy atom.